The Morgan fingerprint density at radius 1 is 1.33 bits per heavy atom. The molecular formula is C15H18N2O3S. The van der Waals surface area contributed by atoms with Gasteiger partial charge < -0.3 is 9.84 Å². The molecule has 1 aliphatic heterocycles. The second-order valence-electron chi connectivity index (χ2n) is 5.50. The highest BCUT2D eigenvalue weighted by Gasteiger charge is 2.35. The van der Waals surface area contributed by atoms with Crippen LogP contribution >= 0.6 is 0 Å². The Morgan fingerprint density at radius 3 is 2.71 bits per heavy atom. The van der Waals surface area contributed by atoms with Gasteiger partial charge in [-0.3, -0.25) is 0 Å². The molecule has 3 rings (SSSR count). The number of nitrogens with zero attached hydrogens (tertiary/aromatic N) is 1. The Bertz CT molecular complexity index is 760. The molecule has 1 aliphatic rings. The first kappa shape index (κ1) is 14.3. The number of nitrogens with one attached hydrogen (secondary N) is 1. The fourth-order valence-electron chi connectivity index (χ4n) is 3.08. The average Bonchev–Trinajstić information content (AvgIpc) is 2.88. The van der Waals surface area contributed by atoms with Crippen molar-refractivity contribution >= 4 is 9.84 Å². The maximum atomic E-state index is 12.2. The molecule has 0 amide bonds. The smallest absolute Gasteiger partial charge is 0.180 e. The van der Waals surface area contributed by atoms with Crippen LogP contribution in [0.15, 0.2) is 33.7 Å². The third-order valence-electron chi connectivity index (χ3n) is 3.99. The van der Waals surface area contributed by atoms with Crippen LogP contribution in [-0.4, -0.2) is 19.3 Å². The number of rotatable bonds is 3. The molecule has 0 radical (unpaired) electrons. The molecule has 2 heterocycles. The summed E-state index contributed by atoms with van der Waals surface area (Å²) >= 11 is 0. The molecule has 1 N–H and O–H groups in total. The van der Waals surface area contributed by atoms with Crippen LogP contribution in [0.2, 0.25) is 0 Å². The molecule has 0 fully saturated rings. The van der Waals surface area contributed by atoms with Crippen molar-refractivity contribution in [2.75, 3.05) is 5.75 Å². The zero-order valence-electron chi connectivity index (χ0n) is 12.3. The predicted molar refractivity (Wildman–Crippen MR) is 78.8 cm³/mol. The lowest BCUT2D eigenvalue weighted by Crippen LogP contribution is -2.26. The number of sulfone groups is 1. The fourth-order valence-corrected chi connectivity index (χ4v) is 4.83. The number of fused-ring (bicyclic) bond motifs is 1. The molecule has 2 atom stereocenters. The summed E-state index contributed by atoms with van der Waals surface area (Å²) in [6, 6.07) is 6.95. The highest BCUT2D eigenvalue weighted by Crippen LogP contribution is 2.35. The Labute approximate surface area is 124 Å². The molecule has 0 spiro atoms. The highest BCUT2D eigenvalue weighted by atomic mass is 32.2. The third kappa shape index (κ3) is 2.38. The van der Waals surface area contributed by atoms with Crippen LogP contribution in [0.4, 0.5) is 0 Å². The minimum Gasteiger partial charge on any atom is -0.361 e. The maximum absolute atomic E-state index is 12.2. The van der Waals surface area contributed by atoms with E-state index in [1.807, 2.05) is 32.9 Å². The quantitative estimate of drug-likeness (QED) is 0.943. The molecular weight excluding hydrogens is 288 g/mol. The summed E-state index contributed by atoms with van der Waals surface area (Å²) in [5.41, 5.74) is 2.68. The highest BCUT2D eigenvalue weighted by molar-refractivity contribution is 7.91. The molecule has 6 heteroatoms. The lowest BCUT2D eigenvalue weighted by molar-refractivity contribution is 0.389. The SMILES string of the molecule is Cc1noc(C)c1C(C)NC1CS(=O)(=O)c2ccccc21. The van der Waals surface area contributed by atoms with Crippen molar-refractivity contribution in [3.63, 3.8) is 0 Å². The molecule has 0 aliphatic carbocycles. The van der Waals surface area contributed by atoms with E-state index in [9.17, 15) is 8.42 Å². The molecule has 5 nitrogen and oxygen atoms in total. The standard InChI is InChI=1S/C15H18N2O3S/c1-9(15-10(2)17-20-11(15)3)16-13-8-21(18,19)14-7-5-4-6-12(13)14/h4-7,9,13,16H,8H2,1-3H3. The molecule has 0 bridgehead atoms. The molecule has 2 unspecified atom stereocenters. The summed E-state index contributed by atoms with van der Waals surface area (Å²) in [6.07, 6.45) is 0. The van der Waals surface area contributed by atoms with Crippen LogP contribution in [0.25, 0.3) is 0 Å². The number of benzene rings is 1. The Kier molecular flexibility index (Phi) is 3.37. The van der Waals surface area contributed by atoms with Crippen molar-refractivity contribution < 1.29 is 12.9 Å². The van der Waals surface area contributed by atoms with Gasteiger partial charge in [0.15, 0.2) is 9.84 Å². The zero-order chi connectivity index (χ0) is 15.2. The van der Waals surface area contributed by atoms with E-state index in [0.29, 0.717) is 4.90 Å². The van der Waals surface area contributed by atoms with Gasteiger partial charge in [-0.25, -0.2) is 8.42 Å². The van der Waals surface area contributed by atoms with E-state index < -0.39 is 9.84 Å². The number of hydrogen-bond donors (Lipinski definition) is 1. The van der Waals surface area contributed by atoms with Crippen molar-refractivity contribution in [1.29, 1.82) is 0 Å². The molecule has 1 aromatic carbocycles. The maximum Gasteiger partial charge on any atom is 0.180 e. The van der Waals surface area contributed by atoms with Crippen LogP contribution in [0, 0.1) is 13.8 Å². The lowest BCUT2D eigenvalue weighted by Gasteiger charge is -2.19. The Balaban J connectivity index is 1.91. The van der Waals surface area contributed by atoms with Crippen LogP contribution in [0.5, 0.6) is 0 Å². The summed E-state index contributed by atoms with van der Waals surface area (Å²) in [6.45, 7) is 5.76. The third-order valence-corrected chi connectivity index (χ3v) is 5.80. The van der Waals surface area contributed by atoms with Crippen molar-refractivity contribution in [2.45, 2.75) is 37.8 Å². The van der Waals surface area contributed by atoms with Gasteiger partial charge >= 0.3 is 0 Å². The summed E-state index contributed by atoms with van der Waals surface area (Å²) in [4.78, 5) is 0.438. The average molecular weight is 306 g/mol. The first-order chi connectivity index (χ1) is 9.90. The van der Waals surface area contributed by atoms with Gasteiger partial charge in [0.2, 0.25) is 0 Å². The second kappa shape index (κ2) is 4.96. The first-order valence-electron chi connectivity index (χ1n) is 6.90. The summed E-state index contributed by atoms with van der Waals surface area (Å²) in [7, 11) is -3.19. The van der Waals surface area contributed by atoms with Gasteiger partial charge in [0, 0.05) is 17.6 Å². The van der Waals surface area contributed by atoms with E-state index in [-0.39, 0.29) is 17.8 Å². The molecule has 0 saturated heterocycles. The van der Waals surface area contributed by atoms with Crippen LogP contribution in [0.1, 0.15) is 41.6 Å². The minimum atomic E-state index is -3.19. The molecule has 1 aromatic heterocycles. The largest absolute Gasteiger partial charge is 0.361 e. The van der Waals surface area contributed by atoms with E-state index in [4.69, 9.17) is 4.52 Å². The van der Waals surface area contributed by atoms with Gasteiger partial charge in [0.05, 0.1) is 16.3 Å². The van der Waals surface area contributed by atoms with Gasteiger partial charge in [-0.05, 0) is 32.4 Å². The van der Waals surface area contributed by atoms with Crippen molar-refractivity contribution in [1.82, 2.24) is 10.5 Å². The summed E-state index contributed by atoms with van der Waals surface area (Å²) in [5.74, 6) is 0.863. The van der Waals surface area contributed by atoms with Gasteiger partial charge in [0.1, 0.15) is 5.76 Å². The van der Waals surface area contributed by atoms with E-state index in [0.717, 1.165) is 22.6 Å². The molecule has 0 saturated carbocycles. The predicted octanol–water partition coefficient (Wildman–Crippen LogP) is 2.47. The van der Waals surface area contributed by atoms with Gasteiger partial charge in [-0.2, -0.15) is 0 Å². The lowest BCUT2D eigenvalue weighted by atomic mass is 10.0. The monoisotopic (exact) mass is 306 g/mol. The van der Waals surface area contributed by atoms with Crippen molar-refractivity contribution in [2.24, 2.45) is 0 Å². The molecule has 21 heavy (non-hydrogen) atoms. The Morgan fingerprint density at radius 2 is 2.05 bits per heavy atom. The molecule has 2 aromatic rings. The number of aryl methyl sites for hydroxylation is 2. The van der Waals surface area contributed by atoms with E-state index in [1.54, 1.807) is 12.1 Å². The Hall–Kier alpha value is -1.66. The first-order valence-corrected chi connectivity index (χ1v) is 8.56. The van der Waals surface area contributed by atoms with E-state index in [2.05, 4.69) is 10.5 Å². The summed E-state index contributed by atoms with van der Waals surface area (Å²) < 4.78 is 29.6. The van der Waals surface area contributed by atoms with Crippen molar-refractivity contribution in [3.05, 3.63) is 46.8 Å². The zero-order valence-corrected chi connectivity index (χ0v) is 13.1. The van der Waals surface area contributed by atoms with Gasteiger partial charge in [-0.15, -0.1) is 0 Å². The van der Waals surface area contributed by atoms with E-state index >= 15 is 0 Å². The normalized spacial score (nSPS) is 21.2. The second-order valence-corrected chi connectivity index (χ2v) is 7.50. The summed E-state index contributed by atoms with van der Waals surface area (Å²) in [5, 5.41) is 7.35. The topological polar surface area (TPSA) is 72.2 Å². The van der Waals surface area contributed by atoms with Crippen LogP contribution in [0.3, 0.4) is 0 Å². The van der Waals surface area contributed by atoms with Gasteiger partial charge in [0.25, 0.3) is 0 Å². The minimum absolute atomic E-state index is 0.0254. The van der Waals surface area contributed by atoms with Crippen molar-refractivity contribution in [3.8, 4) is 0 Å². The number of hydrogen-bond acceptors (Lipinski definition) is 5. The fraction of sp³-hybridized carbons (Fsp3) is 0.400. The number of aromatic nitrogens is 1. The van der Waals surface area contributed by atoms with E-state index in [1.165, 1.54) is 0 Å². The molecule has 112 valence electrons. The van der Waals surface area contributed by atoms with Crippen LogP contribution < -0.4 is 5.32 Å². The van der Waals surface area contributed by atoms with Gasteiger partial charge in [-0.1, -0.05) is 23.4 Å². The van der Waals surface area contributed by atoms with Crippen LogP contribution in [-0.2, 0) is 9.84 Å².